The largest absolute Gasteiger partial charge is 0.507 e. The number of aromatic hydroxyl groups is 1. The Labute approximate surface area is 150 Å². The van der Waals surface area contributed by atoms with Crippen molar-refractivity contribution in [2.75, 3.05) is 6.54 Å². The van der Waals surface area contributed by atoms with Gasteiger partial charge in [-0.25, -0.2) is 4.79 Å². The van der Waals surface area contributed by atoms with E-state index in [1.54, 1.807) is 12.1 Å². The van der Waals surface area contributed by atoms with Gasteiger partial charge in [0.15, 0.2) is 0 Å². The number of hydrogen-bond acceptors (Lipinski definition) is 5. The summed E-state index contributed by atoms with van der Waals surface area (Å²) in [5.74, 6) is -2.25. The van der Waals surface area contributed by atoms with Crippen LogP contribution in [0, 0.1) is 0 Å². The SMILES string of the molecule is NCCCC[C@H](N)C(=O)O.O=C(O)c1ccccc1O.[Cu].[Cu]. The minimum atomic E-state index is -1.11. The second-order valence-corrected chi connectivity index (χ2v) is 4.05. The third kappa shape index (κ3) is 11.6. The summed E-state index contributed by atoms with van der Waals surface area (Å²) in [5.41, 5.74) is 10.4. The topological polar surface area (TPSA) is 147 Å². The van der Waals surface area contributed by atoms with Crippen LogP contribution in [-0.4, -0.2) is 39.8 Å². The number of para-hydroxylation sites is 1. The fourth-order valence-electron chi connectivity index (χ4n) is 1.29. The minimum absolute atomic E-state index is 0. The maximum Gasteiger partial charge on any atom is 0.339 e. The zero-order chi connectivity index (χ0) is 15.5. The molecule has 0 heterocycles. The van der Waals surface area contributed by atoms with Gasteiger partial charge in [0, 0.05) is 34.1 Å². The minimum Gasteiger partial charge on any atom is -0.507 e. The van der Waals surface area contributed by atoms with Crippen molar-refractivity contribution < 1.29 is 59.0 Å². The Hall–Kier alpha value is -1.08. The van der Waals surface area contributed by atoms with Gasteiger partial charge in [-0.2, -0.15) is 0 Å². The number of unbranched alkanes of at least 4 members (excludes halogenated alkanes) is 1. The van der Waals surface area contributed by atoms with Crippen molar-refractivity contribution in [3.63, 3.8) is 0 Å². The Kier molecular flexibility index (Phi) is 17.4. The molecule has 7 nitrogen and oxygen atoms in total. The van der Waals surface area contributed by atoms with Gasteiger partial charge in [0.25, 0.3) is 0 Å². The van der Waals surface area contributed by atoms with Crippen LogP contribution < -0.4 is 11.5 Å². The molecule has 0 aromatic heterocycles. The van der Waals surface area contributed by atoms with Crippen LogP contribution in [0.25, 0.3) is 0 Å². The normalized spacial score (nSPS) is 10.1. The molecule has 0 aliphatic heterocycles. The van der Waals surface area contributed by atoms with E-state index < -0.39 is 18.0 Å². The quantitative estimate of drug-likeness (QED) is 0.340. The first kappa shape index (κ1) is 25.8. The molecule has 1 atom stereocenters. The van der Waals surface area contributed by atoms with Crippen molar-refractivity contribution in [3.8, 4) is 5.75 Å². The zero-order valence-corrected chi connectivity index (χ0v) is 13.5. The molecule has 1 aromatic rings. The van der Waals surface area contributed by atoms with Gasteiger partial charge in [-0.1, -0.05) is 18.6 Å². The van der Waals surface area contributed by atoms with E-state index in [9.17, 15) is 9.59 Å². The number of hydrogen-bond donors (Lipinski definition) is 5. The third-order valence-electron chi connectivity index (χ3n) is 2.42. The Balaban J connectivity index is -0.000000301. The number of carboxylic acid groups (broad SMARTS) is 2. The van der Waals surface area contributed by atoms with Crippen LogP contribution in [0.3, 0.4) is 0 Å². The number of phenols is 1. The van der Waals surface area contributed by atoms with Crippen molar-refractivity contribution in [2.45, 2.75) is 25.3 Å². The molecule has 0 spiro atoms. The second-order valence-electron chi connectivity index (χ2n) is 4.05. The summed E-state index contributed by atoms with van der Waals surface area (Å²) in [7, 11) is 0. The average molecular weight is 411 g/mol. The van der Waals surface area contributed by atoms with Crippen LogP contribution in [0.1, 0.15) is 29.6 Å². The molecule has 0 bridgehead atoms. The van der Waals surface area contributed by atoms with Crippen molar-refractivity contribution >= 4 is 11.9 Å². The van der Waals surface area contributed by atoms with E-state index in [0.717, 1.165) is 12.8 Å². The molecule has 0 aliphatic rings. The Morgan fingerprint density at radius 1 is 1.09 bits per heavy atom. The van der Waals surface area contributed by atoms with Gasteiger partial charge in [-0.3, -0.25) is 4.79 Å². The summed E-state index contributed by atoms with van der Waals surface area (Å²) < 4.78 is 0. The van der Waals surface area contributed by atoms with E-state index in [1.807, 2.05) is 0 Å². The van der Waals surface area contributed by atoms with E-state index in [2.05, 4.69) is 0 Å². The molecule has 9 heteroatoms. The van der Waals surface area contributed by atoms with E-state index in [1.165, 1.54) is 12.1 Å². The number of aliphatic carboxylic acids is 1. The van der Waals surface area contributed by atoms with E-state index >= 15 is 0 Å². The van der Waals surface area contributed by atoms with Crippen LogP contribution >= 0.6 is 0 Å². The summed E-state index contributed by atoms with van der Waals surface area (Å²) in [4.78, 5) is 20.4. The predicted octanol–water partition coefficient (Wildman–Crippen LogP) is 0.613. The average Bonchev–Trinajstić information content (AvgIpc) is 2.39. The van der Waals surface area contributed by atoms with E-state index in [-0.39, 0.29) is 45.5 Å². The summed E-state index contributed by atoms with van der Waals surface area (Å²) in [6.07, 6.45) is 2.16. The number of benzene rings is 1. The molecule has 22 heavy (non-hydrogen) atoms. The summed E-state index contributed by atoms with van der Waals surface area (Å²) in [5, 5.41) is 25.6. The molecule has 0 amide bonds. The van der Waals surface area contributed by atoms with Crippen molar-refractivity contribution in [2.24, 2.45) is 11.5 Å². The van der Waals surface area contributed by atoms with Crippen LogP contribution in [-0.2, 0) is 38.9 Å². The van der Waals surface area contributed by atoms with Crippen LogP contribution in [0.4, 0.5) is 0 Å². The van der Waals surface area contributed by atoms with Gasteiger partial charge in [-0.05, 0) is 31.5 Å². The maximum atomic E-state index is 10.3. The number of carbonyl (C=O) groups is 2. The van der Waals surface area contributed by atoms with Gasteiger partial charge in [0.2, 0.25) is 0 Å². The standard InChI is InChI=1S/C7H6O3.C6H14N2O2.2Cu/c8-6-4-2-1-3-5(6)7(9)10;7-4-2-1-3-5(8)6(9)10;;/h1-4,8H,(H,9,10);5H,1-4,7-8H2,(H,9,10);;/t;5-;;/m.0../s1. The summed E-state index contributed by atoms with van der Waals surface area (Å²) in [6.45, 7) is 0.604. The number of nitrogens with two attached hydrogens (primary N) is 2. The molecule has 1 rings (SSSR count). The van der Waals surface area contributed by atoms with Crippen molar-refractivity contribution in [1.29, 1.82) is 0 Å². The second kappa shape index (κ2) is 14.8. The molecule has 0 fully saturated rings. The number of carboxylic acids is 2. The van der Waals surface area contributed by atoms with Crippen LogP contribution in [0.15, 0.2) is 24.3 Å². The molecule has 134 valence electrons. The fraction of sp³-hybridized carbons (Fsp3) is 0.385. The molecule has 0 saturated heterocycles. The van der Waals surface area contributed by atoms with Crippen LogP contribution in [0.5, 0.6) is 5.75 Å². The predicted molar refractivity (Wildman–Crippen MR) is 73.6 cm³/mol. The van der Waals surface area contributed by atoms with Crippen LogP contribution in [0.2, 0.25) is 0 Å². The molecule has 1 aromatic carbocycles. The fourth-order valence-corrected chi connectivity index (χ4v) is 1.29. The molecular weight excluding hydrogens is 391 g/mol. The van der Waals surface area contributed by atoms with Gasteiger partial charge in [0.05, 0.1) is 0 Å². The molecule has 2 radical (unpaired) electrons. The smallest absolute Gasteiger partial charge is 0.339 e. The first-order valence-electron chi connectivity index (χ1n) is 6.09. The monoisotopic (exact) mass is 410 g/mol. The Bertz CT molecular complexity index is 446. The summed E-state index contributed by atoms with van der Waals surface area (Å²) >= 11 is 0. The first-order valence-corrected chi connectivity index (χ1v) is 6.09. The summed E-state index contributed by atoms with van der Waals surface area (Å²) in [6, 6.07) is 5.10. The molecule has 0 aliphatic carbocycles. The third-order valence-corrected chi connectivity index (χ3v) is 2.42. The molecule has 7 N–H and O–H groups in total. The van der Waals surface area contributed by atoms with Crippen molar-refractivity contribution in [3.05, 3.63) is 29.8 Å². The number of rotatable bonds is 6. The first-order chi connectivity index (χ1) is 9.40. The molecule has 0 saturated carbocycles. The van der Waals surface area contributed by atoms with E-state index in [4.69, 9.17) is 26.8 Å². The van der Waals surface area contributed by atoms with Gasteiger partial charge >= 0.3 is 11.9 Å². The van der Waals surface area contributed by atoms with Gasteiger partial charge < -0.3 is 26.8 Å². The van der Waals surface area contributed by atoms with E-state index in [0.29, 0.717) is 13.0 Å². The van der Waals surface area contributed by atoms with Gasteiger partial charge in [0.1, 0.15) is 17.4 Å². The number of aromatic carboxylic acids is 1. The molecule has 0 unspecified atom stereocenters. The zero-order valence-electron chi connectivity index (χ0n) is 11.6. The Morgan fingerprint density at radius 3 is 2.00 bits per heavy atom. The van der Waals surface area contributed by atoms with Gasteiger partial charge in [-0.15, -0.1) is 0 Å². The maximum absolute atomic E-state index is 10.3. The van der Waals surface area contributed by atoms with Crippen molar-refractivity contribution in [1.82, 2.24) is 0 Å². The Morgan fingerprint density at radius 2 is 1.64 bits per heavy atom. The molecular formula is C13H20Cu2N2O5.